The zero-order chi connectivity index (χ0) is 12.3. The average Bonchev–Trinajstić information content (AvgIpc) is 2.30. The smallest absolute Gasteiger partial charge is 0.388 e. The maximum absolute atomic E-state index is 12.7. The summed E-state index contributed by atoms with van der Waals surface area (Å²) in [4.78, 5) is 3.72. The Morgan fingerprint density at radius 1 is 1.06 bits per heavy atom. The largest absolute Gasteiger partial charge is 0.416 e. The van der Waals surface area contributed by atoms with Gasteiger partial charge in [0.05, 0.1) is 0 Å². The normalized spacial score (nSPS) is 10.6. The Bertz CT molecular complexity index is 499. The zero-order valence-electron chi connectivity index (χ0n) is 8.61. The van der Waals surface area contributed by atoms with Crippen molar-refractivity contribution >= 4 is 0 Å². The third kappa shape index (κ3) is 2.75. The van der Waals surface area contributed by atoms with Gasteiger partial charge in [0.1, 0.15) is 5.82 Å². The van der Waals surface area contributed by atoms with Crippen LogP contribution >= 0.6 is 0 Å². The molecule has 0 fully saturated rings. The number of benzene rings is 1. The van der Waals surface area contributed by atoms with E-state index in [1.807, 2.05) is 0 Å². The van der Waals surface area contributed by atoms with Gasteiger partial charge >= 0.3 is 6.61 Å². The second-order valence-electron chi connectivity index (χ2n) is 3.24. The van der Waals surface area contributed by atoms with Crippen LogP contribution in [0.5, 0.6) is 5.88 Å². The summed E-state index contributed by atoms with van der Waals surface area (Å²) in [7, 11) is 0. The van der Waals surface area contributed by atoms with Crippen LogP contribution in [0.2, 0.25) is 0 Å². The summed E-state index contributed by atoms with van der Waals surface area (Å²) in [6.07, 6.45) is 1.35. The summed E-state index contributed by atoms with van der Waals surface area (Å²) >= 11 is 0. The Balaban J connectivity index is 2.40. The van der Waals surface area contributed by atoms with Crippen molar-refractivity contribution in [3.05, 3.63) is 48.4 Å². The minimum absolute atomic E-state index is 0.172. The van der Waals surface area contributed by atoms with Gasteiger partial charge in [0, 0.05) is 11.8 Å². The Morgan fingerprint density at radius 3 is 2.41 bits per heavy atom. The molecule has 0 aliphatic heterocycles. The second-order valence-corrected chi connectivity index (χ2v) is 3.24. The van der Waals surface area contributed by atoms with Gasteiger partial charge in [0.25, 0.3) is 0 Å². The van der Waals surface area contributed by atoms with E-state index < -0.39 is 12.4 Å². The number of halogens is 3. The molecule has 0 saturated heterocycles. The van der Waals surface area contributed by atoms with E-state index in [9.17, 15) is 13.2 Å². The molecule has 1 aromatic carbocycles. The molecule has 17 heavy (non-hydrogen) atoms. The number of aromatic nitrogens is 1. The monoisotopic (exact) mass is 239 g/mol. The molecule has 88 valence electrons. The molecule has 0 radical (unpaired) electrons. The van der Waals surface area contributed by atoms with Crippen LogP contribution in [0, 0.1) is 5.82 Å². The maximum Gasteiger partial charge on any atom is 0.388 e. The van der Waals surface area contributed by atoms with Crippen LogP contribution in [-0.2, 0) is 0 Å². The van der Waals surface area contributed by atoms with Gasteiger partial charge in [0.2, 0.25) is 5.88 Å². The van der Waals surface area contributed by atoms with Crippen molar-refractivity contribution in [2.24, 2.45) is 0 Å². The molecule has 0 N–H and O–H groups in total. The highest BCUT2D eigenvalue weighted by Crippen LogP contribution is 2.28. The minimum Gasteiger partial charge on any atom is -0.416 e. The summed E-state index contributed by atoms with van der Waals surface area (Å²) in [6, 6.07) is 8.62. The lowest BCUT2D eigenvalue weighted by atomic mass is 10.1. The molecule has 2 rings (SSSR count). The fourth-order valence-electron chi connectivity index (χ4n) is 1.42. The number of ether oxygens (including phenoxy) is 1. The SMILES string of the molecule is Fc1ccc(-c2cccnc2OC(F)F)cc1. The van der Waals surface area contributed by atoms with E-state index in [0.29, 0.717) is 11.1 Å². The Labute approximate surface area is 95.7 Å². The van der Waals surface area contributed by atoms with Crippen molar-refractivity contribution in [2.45, 2.75) is 6.61 Å². The number of rotatable bonds is 3. The van der Waals surface area contributed by atoms with Gasteiger partial charge in [-0.05, 0) is 29.8 Å². The molecule has 0 saturated carbocycles. The van der Waals surface area contributed by atoms with Crippen LogP contribution in [0.3, 0.4) is 0 Å². The number of alkyl halides is 2. The highest BCUT2D eigenvalue weighted by Gasteiger charge is 2.11. The first-order chi connectivity index (χ1) is 8.16. The van der Waals surface area contributed by atoms with E-state index in [1.54, 1.807) is 12.1 Å². The van der Waals surface area contributed by atoms with Gasteiger partial charge in [-0.1, -0.05) is 12.1 Å². The van der Waals surface area contributed by atoms with Gasteiger partial charge in [-0.2, -0.15) is 8.78 Å². The molecule has 1 aromatic heterocycles. The van der Waals surface area contributed by atoms with Gasteiger partial charge in [0.15, 0.2) is 0 Å². The summed E-state index contributed by atoms with van der Waals surface area (Å²) in [5.41, 5.74) is 0.961. The molecule has 0 atom stereocenters. The molecule has 0 aliphatic rings. The minimum atomic E-state index is -2.94. The molecule has 0 bridgehead atoms. The molecule has 5 heteroatoms. The molecule has 0 aliphatic carbocycles. The van der Waals surface area contributed by atoms with Crippen LogP contribution < -0.4 is 4.74 Å². The first kappa shape index (κ1) is 11.4. The van der Waals surface area contributed by atoms with E-state index >= 15 is 0 Å². The van der Waals surface area contributed by atoms with Gasteiger partial charge in [-0.15, -0.1) is 0 Å². The summed E-state index contributed by atoms with van der Waals surface area (Å²) in [5, 5.41) is 0. The third-order valence-corrected chi connectivity index (χ3v) is 2.13. The highest BCUT2D eigenvalue weighted by molar-refractivity contribution is 5.68. The van der Waals surface area contributed by atoms with Gasteiger partial charge < -0.3 is 4.74 Å². The molecule has 2 nitrogen and oxygen atoms in total. The van der Waals surface area contributed by atoms with Gasteiger partial charge in [-0.3, -0.25) is 0 Å². The molecule has 0 amide bonds. The van der Waals surface area contributed by atoms with E-state index in [1.165, 1.54) is 30.5 Å². The topological polar surface area (TPSA) is 22.1 Å². The quantitative estimate of drug-likeness (QED) is 0.817. The predicted molar refractivity (Wildman–Crippen MR) is 56.3 cm³/mol. The maximum atomic E-state index is 12.7. The fourth-order valence-corrected chi connectivity index (χ4v) is 1.42. The fraction of sp³-hybridized carbons (Fsp3) is 0.0833. The van der Waals surface area contributed by atoms with E-state index in [4.69, 9.17) is 0 Å². The zero-order valence-corrected chi connectivity index (χ0v) is 8.61. The van der Waals surface area contributed by atoms with E-state index in [-0.39, 0.29) is 5.88 Å². The van der Waals surface area contributed by atoms with Gasteiger partial charge in [-0.25, -0.2) is 9.37 Å². The first-order valence-corrected chi connectivity index (χ1v) is 4.82. The van der Waals surface area contributed by atoms with Crippen LogP contribution in [0.1, 0.15) is 0 Å². The predicted octanol–water partition coefficient (Wildman–Crippen LogP) is 3.49. The lowest BCUT2D eigenvalue weighted by Crippen LogP contribution is -2.04. The number of hydrogen-bond donors (Lipinski definition) is 0. The van der Waals surface area contributed by atoms with Crippen molar-refractivity contribution in [2.75, 3.05) is 0 Å². The molecule has 2 aromatic rings. The standard InChI is InChI=1S/C12H8F3NO/c13-9-5-3-8(4-6-9)10-2-1-7-16-11(10)17-12(14)15/h1-7,12H. The van der Waals surface area contributed by atoms with E-state index in [2.05, 4.69) is 9.72 Å². The second kappa shape index (κ2) is 4.86. The molecule has 0 spiro atoms. The first-order valence-electron chi connectivity index (χ1n) is 4.82. The molecular formula is C12H8F3NO. The summed E-state index contributed by atoms with van der Waals surface area (Å²) < 4.78 is 41.4. The Morgan fingerprint density at radius 2 is 1.76 bits per heavy atom. The molecule has 1 heterocycles. The molecule has 0 unspecified atom stereocenters. The Hall–Kier alpha value is -2.04. The van der Waals surface area contributed by atoms with Crippen molar-refractivity contribution in [1.82, 2.24) is 4.98 Å². The molecular weight excluding hydrogens is 231 g/mol. The van der Waals surface area contributed by atoms with Crippen molar-refractivity contribution in [3.63, 3.8) is 0 Å². The number of hydrogen-bond acceptors (Lipinski definition) is 2. The van der Waals surface area contributed by atoms with E-state index in [0.717, 1.165) is 0 Å². The lowest BCUT2D eigenvalue weighted by Gasteiger charge is -2.08. The van der Waals surface area contributed by atoms with Crippen LogP contribution in [0.4, 0.5) is 13.2 Å². The lowest BCUT2D eigenvalue weighted by molar-refractivity contribution is -0.0524. The average molecular weight is 239 g/mol. The number of pyridine rings is 1. The Kier molecular flexibility index (Phi) is 3.27. The van der Waals surface area contributed by atoms with Crippen molar-refractivity contribution in [3.8, 4) is 17.0 Å². The van der Waals surface area contributed by atoms with Crippen molar-refractivity contribution < 1.29 is 17.9 Å². The highest BCUT2D eigenvalue weighted by atomic mass is 19.3. The van der Waals surface area contributed by atoms with Crippen LogP contribution in [0.15, 0.2) is 42.6 Å². The summed E-state index contributed by atoms with van der Waals surface area (Å²) in [6.45, 7) is -2.94. The summed E-state index contributed by atoms with van der Waals surface area (Å²) in [5.74, 6) is -0.567. The van der Waals surface area contributed by atoms with Crippen LogP contribution in [-0.4, -0.2) is 11.6 Å². The third-order valence-electron chi connectivity index (χ3n) is 2.13. The number of nitrogens with zero attached hydrogens (tertiary/aromatic N) is 1. The van der Waals surface area contributed by atoms with Crippen LogP contribution in [0.25, 0.3) is 11.1 Å². The van der Waals surface area contributed by atoms with Crippen molar-refractivity contribution in [1.29, 1.82) is 0 Å².